The van der Waals surface area contributed by atoms with Crippen LogP contribution in [0.25, 0.3) is 5.76 Å². The maximum absolute atomic E-state index is 13.3. The number of halogens is 4. The zero-order valence-electron chi connectivity index (χ0n) is 20.1. The molecule has 0 aromatic heterocycles. The predicted molar refractivity (Wildman–Crippen MR) is 134 cm³/mol. The first-order chi connectivity index (χ1) is 18.0. The predicted octanol–water partition coefficient (Wildman–Crippen LogP) is 6.27. The van der Waals surface area contributed by atoms with Gasteiger partial charge in [-0.15, -0.1) is 13.2 Å². The van der Waals surface area contributed by atoms with Crippen LogP contribution in [0.1, 0.15) is 24.1 Å². The second-order valence-electron chi connectivity index (χ2n) is 8.07. The molecule has 1 aliphatic rings. The average Bonchev–Trinajstić information content (AvgIpc) is 3.14. The number of nitrogens with zero attached hydrogens (tertiary/aromatic N) is 1. The molecule has 1 saturated heterocycles. The van der Waals surface area contributed by atoms with Crippen molar-refractivity contribution in [2.24, 2.45) is 0 Å². The molecule has 38 heavy (non-hydrogen) atoms. The Kier molecular flexibility index (Phi) is 7.54. The van der Waals surface area contributed by atoms with Crippen LogP contribution in [-0.2, 0) is 9.59 Å². The summed E-state index contributed by atoms with van der Waals surface area (Å²) in [5.41, 5.74) is 0.186. The fraction of sp³-hybridized carbons (Fsp3) is 0.185. The van der Waals surface area contributed by atoms with E-state index in [1.54, 1.807) is 31.2 Å². The lowest BCUT2D eigenvalue weighted by atomic mass is 9.95. The molecule has 7 nitrogen and oxygen atoms in total. The van der Waals surface area contributed by atoms with E-state index in [1.807, 2.05) is 0 Å². The van der Waals surface area contributed by atoms with Gasteiger partial charge in [-0.25, -0.2) is 0 Å². The van der Waals surface area contributed by atoms with Crippen molar-refractivity contribution < 1.29 is 42.1 Å². The summed E-state index contributed by atoms with van der Waals surface area (Å²) in [5.74, 6) is -2.54. The number of ether oxygens (including phenoxy) is 3. The molecule has 11 heteroatoms. The Morgan fingerprint density at radius 2 is 1.74 bits per heavy atom. The maximum atomic E-state index is 13.3. The molecule has 198 valence electrons. The normalized spacial score (nSPS) is 17.0. The first-order valence-corrected chi connectivity index (χ1v) is 11.6. The van der Waals surface area contributed by atoms with Crippen molar-refractivity contribution in [3.8, 4) is 17.2 Å². The summed E-state index contributed by atoms with van der Waals surface area (Å²) < 4.78 is 53.3. The van der Waals surface area contributed by atoms with Gasteiger partial charge >= 0.3 is 6.36 Å². The number of methoxy groups -OCH3 is 1. The molecule has 1 amide bonds. The zero-order valence-corrected chi connectivity index (χ0v) is 20.8. The smallest absolute Gasteiger partial charge is 0.507 e. The van der Waals surface area contributed by atoms with Crippen LogP contribution in [0, 0.1) is 0 Å². The van der Waals surface area contributed by atoms with Gasteiger partial charge in [-0.3, -0.25) is 14.5 Å². The SMILES string of the molecule is CCOc1cc(/C(O)=C2\C(=O)C(=O)N(c3cccc(OC(F)(F)F)c3)C2c2cccc(OC)c2)ccc1Cl. The molecule has 1 unspecified atom stereocenters. The number of Topliss-reactive ketones (excluding diaryl/α,β-unsaturated/α-hetero) is 1. The van der Waals surface area contributed by atoms with Crippen LogP contribution in [0.2, 0.25) is 5.02 Å². The molecule has 0 bridgehead atoms. The number of rotatable bonds is 7. The van der Waals surface area contributed by atoms with E-state index in [1.165, 1.54) is 37.4 Å². The average molecular weight is 548 g/mol. The van der Waals surface area contributed by atoms with Crippen molar-refractivity contribution in [1.29, 1.82) is 0 Å². The second kappa shape index (κ2) is 10.7. The van der Waals surface area contributed by atoms with Crippen LogP contribution >= 0.6 is 11.6 Å². The highest BCUT2D eigenvalue weighted by Crippen LogP contribution is 2.44. The van der Waals surface area contributed by atoms with Crippen LogP contribution in [0.5, 0.6) is 17.2 Å². The van der Waals surface area contributed by atoms with Crippen LogP contribution in [0.4, 0.5) is 18.9 Å². The Bertz CT molecular complexity index is 1420. The summed E-state index contributed by atoms with van der Waals surface area (Å²) in [4.78, 5) is 27.6. The lowest BCUT2D eigenvalue weighted by Crippen LogP contribution is -2.29. The van der Waals surface area contributed by atoms with Gasteiger partial charge in [0.1, 0.15) is 23.0 Å². The molecule has 1 heterocycles. The van der Waals surface area contributed by atoms with Gasteiger partial charge in [-0.2, -0.15) is 0 Å². The van der Waals surface area contributed by atoms with E-state index in [-0.39, 0.29) is 34.2 Å². The minimum atomic E-state index is -4.97. The minimum Gasteiger partial charge on any atom is -0.507 e. The Balaban J connectivity index is 1.92. The summed E-state index contributed by atoms with van der Waals surface area (Å²) in [6, 6.07) is 14.2. The Hall–Kier alpha value is -4.18. The highest BCUT2D eigenvalue weighted by molar-refractivity contribution is 6.51. The van der Waals surface area contributed by atoms with Gasteiger partial charge in [-0.05, 0) is 55.0 Å². The van der Waals surface area contributed by atoms with Crippen molar-refractivity contribution >= 4 is 34.7 Å². The van der Waals surface area contributed by atoms with Crippen LogP contribution in [0.3, 0.4) is 0 Å². The number of hydrogen-bond acceptors (Lipinski definition) is 6. The van der Waals surface area contributed by atoms with Crippen LogP contribution in [-0.4, -0.2) is 36.9 Å². The first-order valence-electron chi connectivity index (χ1n) is 11.3. The minimum absolute atomic E-state index is 0.0492. The van der Waals surface area contributed by atoms with Gasteiger partial charge in [0.15, 0.2) is 0 Å². The summed E-state index contributed by atoms with van der Waals surface area (Å²) in [7, 11) is 1.43. The Morgan fingerprint density at radius 3 is 2.42 bits per heavy atom. The van der Waals surface area contributed by atoms with Crippen LogP contribution < -0.4 is 19.1 Å². The van der Waals surface area contributed by atoms with Crippen LogP contribution in [0.15, 0.2) is 72.3 Å². The molecule has 3 aromatic carbocycles. The van der Waals surface area contributed by atoms with E-state index in [9.17, 15) is 27.9 Å². The number of ketones is 1. The van der Waals surface area contributed by atoms with Crippen molar-refractivity contribution in [2.45, 2.75) is 19.3 Å². The molecule has 0 aliphatic carbocycles. The summed E-state index contributed by atoms with van der Waals surface area (Å²) in [6.45, 7) is 2.03. The molecule has 1 atom stereocenters. The van der Waals surface area contributed by atoms with Crippen molar-refractivity contribution in [3.05, 3.63) is 88.5 Å². The lowest BCUT2D eigenvalue weighted by molar-refractivity contribution is -0.274. The number of benzene rings is 3. The Labute approximate surface area is 220 Å². The molecule has 1 aliphatic heterocycles. The molecular formula is C27H21ClF3NO6. The fourth-order valence-corrected chi connectivity index (χ4v) is 4.30. The molecule has 0 spiro atoms. The standard InChI is InChI=1S/C27H21ClF3NO6/c1-3-37-21-13-16(10-11-20(21)28)24(33)22-23(15-6-4-8-18(12-15)36-2)32(26(35)25(22)34)17-7-5-9-19(14-17)38-27(29,30)31/h4-14,23,33H,3H2,1-2H3/b24-22+. The largest absolute Gasteiger partial charge is 0.573 e. The van der Waals surface area contributed by atoms with Crippen molar-refractivity contribution in [2.75, 3.05) is 18.6 Å². The molecule has 1 N–H and O–H groups in total. The summed E-state index contributed by atoms with van der Waals surface area (Å²) >= 11 is 6.16. The monoisotopic (exact) mass is 547 g/mol. The number of anilines is 1. The topological polar surface area (TPSA) is 85.3 Å². The Morgan fingerprint density at radius 1 is 1.03 bits per heavy atom. The van der Waals surface area contributed by atoms with E-state index in [4.69, 9.17) is 21.1 Å². The summed E-state index contributed by atoms with van der Waals surface area (Å²) in [5, 5.41) is 11.6. The van der Waals surface area contributed by atoms with Gasteiger partial charge in [-0.1, -0.05) is 29.8 Å². The van der Waals surface area contributed by atoms with Gasteiger partial charge in [0, 0.05) is 17.3 Å². The fourth-order valence-electron chi connectivity index (χ4n) is 4.13. The number of hydrogen-bond donors (Lipinski definition) is 1. The third-order valence-corrected chi connectivity index (χ3v) is 6.00. The number of carbonyl (C=O) groups is 2. The lowest BCUT2D eigenvalue weighted by Gasteiger charge is -2.26. The van der Waals surface area contributed by atoms with E-state index in [2.05, 4.69) is 4.74 Å². The van der Waals surface area contributed by atoms with E-state index in [0.29, 0.717) is 11.3 Å². The first kappa shape index (κ1) is 26.9. The molecule has 0 radical (unpaired) electrons. The maximum Gasteiger partial charge on any atom is 0.573 e. The number of amides is 1. The van der Waals surface area contributed by atoms with Gasteiger partial charge in [0.05, 0.1) is 30.4 Å². The van der Waals surface area contributed by atoms with E-state index < -0.39 is 35.6 Å². The zero-order chi connectivity index (χ0) is 27.6. The molecule has 4 rings (SSSR count). The highest BCUT2D eigenvalue weighted by atomic mass is 35.5. The van der Waals surface area contributed by atoms with Gasteiger partial charge in [0.2, 0.25) is 0 Å². The van der Waals surface area contributed by atoms with Crippen molar-refractivity contribution in [1.82, 2.24) is 0 Å². The quantitative estimate of drug-likeness (QED) is 0.213. The molecular weight excluding hydrogens is 527 g/mol. The number of aliphatic hydroxyl groups excluding tert-OH is 1. The third-order valence-electron chi connectivity index (χ3n) is 5.69. The molecule has 1 fully saturated rings. The molecule has 3 aromatic rings. The highest BCUT2D eigenvalue weighted by Gasteiger charge is 2.47. The number of alkyl halides is 3. The number of aliphatic hydroxyl groups is 1. The second-order valence-corrected chi connectivity index (χ2v) is 8.48. The number of carbonyl (C=O) groups excluding carboxylic acids is 2. The van der Waals surface area contributed by atoms with Gasteiger partial charge < -0.3 is 19.3 Å². The van der Waals surface area contributed by atoms with Crippen molar-refractivity contribution in [3.63, 3.8) is 0 Å². The summed E-state index contributed by atoms with van der Waals surface area (Å²) in [6.07, 6.45) is -4.97. The molecule has 0 saturated carbocycles. The van der Waals surface area contributed by atoms with E-state index in [0.717, 1.165) is 17.0 Å². The van der Waals surface area contributed by atoms with E-state index >= 15 is 0 Å². The van der Waals surface area contributed by atoms with Gasteiger partial charge in [0.25, 0.3) is 11.7 Å². The third kappa shape index (κ3) is 5.40.